The van der Waals surface area contributed by atoms with E-state index in [0.29, 0.717) is 13.2 Å². The van der Waals surface area contributed by atoms with Gasteiger partial charge in [-0.25, -0.2) is 0 Å². The molecule has 0 radical (unpaired) electrons. The topological polar surface area (TPSA) is 30.5 Å². The van der Waals surface area contributed by atoms with Crippen LogP contribution in [0.3, 0.4) is 0 Å². The molecule has 0 saturated heterocycles. The number of hydrogen-bond acceptors (Lipinski definition) is 3. The van der Waals surface area contributed by atoms with Crippen molar-refractivity contribution < 1.29 is 9.47 Å². The fraction of sp³-hybridized carbons (Fsp3) is 0.571. The molecule has 0 unspecified atom stereocenters. The van der Waals surface area contributed by atoms with Gasteiger partial charge in [-0.15, -0.1) is 0 Å². The molecular formula is C14H22INO2. The summed E-state index contributed by atoms with van der Waals surface area (Å²) >= 11 is 2.32. The minimum atomic E-state index is 0.686. The van der Waals surface area contributed by atoms with Crippen molar-refractivity contribution in [1.29, 1.82) is 0 Å². The number of nitrogens with one attached hydrogen (secondary N) is 1. The largest absolute Gasteiger partial charge is 0.382 e. The Balaban J connectivity index is 1.91. The lowest BCUT2D eigenvalue weighted by Crippen LogP contribution is -2.15. The summed E-state index contributed by atoms with van der Waals surface area (Å²) in [5, 5.41) is 3.44. The van der Waals surface area contributed by atoms with Gasteiger partial charge in [0.05, 0.1) is 13.2 Å². The lowest BCUT2D eigenvalue weighted by Gasteiger charge is -2.06. The van der Waals surface area contributed by atoms with E-state index in [1.165, 1.54) is 9.13 Å². The minimum absolute atomic E-state index is 0.686. The molecule has 18 heavy (non-hydrogen) atoms. The summed E-state index contributed by atoms with van der Waals surface area (Å²) in [6.45, 7) is 4.20. The molecule has 1 aromatic carbocycles. The maximum absolute atomic E-state index is 5.40. The molecule has 0 fully saturated rings. The van der Waals surface area contributed by atoms with Gasteiger partial charge < -0.3 is 14.8 Å². The van der Waals surface area contributed by atoms with Gasteiger partial charge in [-0.05, 0) is 59.7 Å². The fourth-order valence-electron chi connectivity index (χ4n) is 1.53. The molecule has 1 rings (SSSR count). The molecule has 0 spiro atoms. The second-order valence-electron chi connectivity index (χ2n) is 4.12. The van der Waals surface area contributed by atoms with E-state index in [1.807, 2.05) is 0 Å². The average Bonchev–Trinajstić information content (AvgIpc) is 2.39. The summed E-state index contributed by atoms with van der Waals surface area (Å²) in [5.41, 5.74) is 1.34. The third kappa shape index (κ3) is 8.02. The van der Waals surface area contributed by atoms with Gasteiger partial charge in [0.1, 0.15) is 0 Å². The van der Waals surface area contributed by atoms with Crippen LogP contribution in [0, 0.1) is 3.57 Å². The first-order chi connectivity index (χ1) is 8.83. The van der Waals surface area contributed by atoms with E-state index in [9.17, 15) is 0 Å². The van der Waals surface area contributed by atoms with Crippen LogP contribution in [-0.4, -0.2) is 33.5 Å². The number of rotatable bonds is 10. The molecule has 0 bridgehead atoms. The molecule has 1 aromatic rings. The average molecular weight is 363 g/mol. The lowest BCUT2D eigenvalue weighted by atomic mass is 10.2. The summed E-state index contributed by atoms with van der Waals surface area (Å²) < 4.78 is 11.6. The highest BCUT2D eigenvalue weighted by molar-refractivity contribution is 14.1. The Hall–Kier alpha value is -0.170. The number of benzene rings is 1. The van der Waals surface area contributed by atoms with E-state index < -0.39 is 0 Å². The quantitative estimate of drug-likeness (QED) is 0.512. The first-order valence-corrected chi connectivity index (χ1v) is 7.42. The predicted molar refractivity (Wildman–Crippen MR) is 82.8 cm³/mol. The van der Waals surface area contributed by atoms with Crippen molar-refractivity contribution >= 4 is 22.6 Å². The van der Waals surface area contributed by atoms with E-state index in [-0.39, 0.29) is 0 Å². The minimum Gasteiger partial charge on any atom is -0.382 e. The van der Waals surface area contributed by atoms with Crippen LogP contribution in [0.5, 0.6) is 0 Å². The van der Waals surface area contributed by atoms with Gasteiger partial charge in [0.2, 0.25) is 0 Å². The Kier molecular flexibility index (Phi) is 9.47. The zero-order valence-corrected chi connectivity index (χ0v) is 13.1. The van der Waals surface area contributed by atoms with Crippen LogP contribution in [0.2, 0.25) is 0 Å². The van der Waals surface area contributed by atoms with Crippen molar-refractivity contribution in [2.24, 2.45) is 0 Å². The molecule has 0 aliphatic carbocycles. The molecule has 0 atom stereocenters. The molecule has 0 aliphatic rings. The van der Waals surface area contributed by atoms with E-state index in [0.717, 1.165) is 32.5 Å². The van der Waals surface area contributed by atoms with Gasteiger partial charge in [-0.3, -0.25) is 0 Å². The van der Waals surface area contributed by atoms with Crippen LogP contribution in [0.15, 0.2) is 24.3 Å². The number of halogens is 1. The Morgan fingerprint density at radius 3 is 2.56 bits per heavy atom. The molecule has 0 aliphatic heterocycles. The van der Waals surface area contributed by atoms with Crippen molar-refractivity contribution in [3.63, 3.8) is 0 Å². The summed E-state index contributed by atoms with van der Waals surface area (Å²) in [4.78, 5) is 0. The first-order valence-electron chi connectivity index (χ1n) is 6.35. The van der Waals surface area contributed by atoms with Crippen LogP contribution >= 0.6 is 22.6 Å². The van der Waals surface area contributed by atoms with Gasteiger partial charge in [-0.2, -0.15) is 0 Å². The molecule has 4 heteroatoms. The number of methoxy groups -OCH3 is 1. The maximum Gasteiger partial charge on any atom is 0.0700 e. The molecule has 102 valence electrons. The Bertz CT molecular complexity index is 303. The van der Waals surface area contributed by atoms with E-state index >= 15 is 0 Å². The van der Waals surface area contributed by atoms with Crippen LogP contribution in [0.4, 0.5) is 0 Å². The highest BCUT2D eigenvalue weighted by atomic mass is 127. The Morgan fingerprint density at radius 2 is 1.83 bits per heavy atom. The molecule has 0 saturated carbocycles. The monoisotopic (exact) mass is 363 g/mol. The van der Waals surface area contributed by atoms with Gasteiger partial charge in [-0.1, -0.05) is 12.1 Å². The normalized spacial score (nSPS) is 10.8. The van der Waals surface area contributed by atoms with E-state index in [1.54, 1.807) is 7.11 Å². The zero-order valence-electron chi connectivity index (χ0n) is 11.0. The highest BCUT2D eigenvalue weighted by Crippen LogP contribution is 2.06. The third-order valence-corrected chi connectivity index (χ3v) is 3.29. The van der Waals surface area contributed by atoms with Crippen molar-refractivity contribution in [2.45, 2.75) is 19.4 Å². The fourth-order valence-corrected chi connectivity index (χ4v) is 1.89. The lowest BCUT2D eigenvalue weighted by molar-refractivity contribution is 0.0688. The van der Waals surface area contributed by atoms with Crippen molar-refractivity contribution in [3.05, 3.63) is 33.4 Å². The van der Waals surface area contributed by atoms with E-state index in [2.05, 4.69) is 52.2 Å². The molecule has 1 N–H and O–H groups in total. The van der Waals surface area contributed by atoms with Gasteiger partial charge in [0, 0.05) is 23.8 Å². The molecule has 3 nitrogen and oxygen atoms in total. The van der Waals surface area contributed by atoms with Gasteiger partial charge >= 0.3 is 0 Å². The van der Waals surface area contributed by atoms with Gasteiger partial charge in [0.15, 0.2) is 0 Å². The van der Waals surface area contributed by atoms with Crippen LogP contribution in [0.25, 0.3) is 0 Å². The first kappa shape index (κ1) is 15.9. The summed E-state index contributed by atoms with van der Waals surface area (Å²) in [7, 11) is 1.69. The Morgan fingerprint density at radius 1 is 1.06 bits per heavy atom. The van der Waals surface area contributed by atoms with Crippen LogP contribution in [-0.2, 0) is 16.0 Å². The number of unbranched alkanes of at least 4 members (excludes halogenated alkanes) is 1. The molecule has 0 amide bonds. The number of ether oxygens (including phenoxy) is 2. The highest BCUT2D eigenvalue weighted by Gasteiger charge is 1.93. The smallest absolute Gasteiger partial charge is 0.0700 e. The maximum atomic E-state index is 5.40. The molecular weight excluding hydrogens is 341 g/mol. The van der Waals surface area contributed by atoms with Crippen molar-refractivity contribution in [1.82, 2.24) is 5.32 Å². The summed E-state index contributed by atoms with van der Waals surface area (Å²) in [6, 6.07) is 8.62. The Labute approximate surface area is 123 Å². The van der Waals surface area contributed by atoms with Crippen molar-refractivity contribution in [3.8, 4) is 0 Å². The second kappa shape index (κ2) is 10.7. The van der Waals surface area contributed by atoms with Crippen molar-refractivity contribution in [2.75, 3.05) is 33.5 Å². The van der Waals surface area contributed by atoms with Gasteiger partial charge in [0.25, 0.3) is 0 Å². The zero-order chi connectivity index (χ0) is 13.1. The SMILES string of the molecule is COCCOCCCCNCc1ccc(I)cc1. The number of hydrogen-bond donors (Lipinski definition) is 1. The third-order valence-electron chi connectivity index (χ3n) is 2.57. The second-order valence-corrected chi connectivity index (χ2v) is 5.36. The predicted octanol–water partition coefficient (Wildman–Crippen LogP) is 2.82. The van der Waals surface area contributed by atoms with Crippen LogP contribution < -0.4 is 5.32 Å². The molecule has 0 aromatic heterocycles. The van der Waals surface area contributed by atoms with E-state index in [4.69, 9.17) is 9.47 Å². The van der Waals surface area contributed by atoms with Crippen LogP contribution in [0.1, 0.15) is 18.4 Å². The summed E-state index contributed by atoms with van der Waals surface area (Å²) in [5.74, 6) is 0. The summed E-state index contributed by atoms with van der Waals surface area (Å²) in [6.07, 6.45) is 2.25. The molecule has 0 heterocycles. The standard InChI is InChI=1S/C14H22INO2/c1-17-10-11-18-9-3-2-8-16-12-13-4-6-14(15)7-5-13/h4-7,16H,2-3,8-12H2,1H3.